The third kappa shape index (κ3) is 2.88. The lowest BCUT2D eigenvalue weighted by Gasteiger charge is -2.46. The Morgan fingerprint density at radius 1 is 1.12 bits per heavy atom. The van der Waals surface area contributed by atoms with Crippen LogP contribution in [0.5, 0.6) is 5.75 Å². The van der Waals surface area contributed by atoms with Crippen molar-refractivity contribution in [2.24, 2.45) is 17.6 Å². The first-order chi connectivity index (χ1) is 16.1. The molecule has 0 bridgehead atoms. The van der Waals surface area contributed by atoms with Gasteiger partial charge in [0.2, 0.25) is 11.1 Å². The summed E-state index contributed by atoms with van der Waals surface area (Å²) in [6.45, 7) is 0. The van der Waals surface area contributed by atoms with Crippen LogP contribution in [0.1, 0.15) is 24.0 Å². The van der Waals surface area contributed by atoms with Crippen LogP contribution in [-0.2, 0) is 20.8 Å². The summed E-state index contributed by atoms with van der Waals surface area (Å²) in [6, 6.07) is 2.96. The largest absolute Gasteiger partial charge is 0.508 e. The van der Waals surface area contributed by atoms with Crippen LogP contribution in [0.2, 0.25) is 5.28 Å². The minimum absolute atomic E-state index is 0.000389. The molecule has 1 aromatic heterocycles. The van der Waals surface area contributed by atoms with Gasteiger partial charge >= 0.3 is 0 Å². The van der Waals surface area contributed by atoms with Crippen molar-refractivity contribution in [1.29, 1.82) is 0 Å². The van der Waals surface area contributed by atoms with Gasteiger partial charge in [-0.05, 0) is 47.6 Å². The predicted molar refractivity (Wildman–Crippen MR) is 117 cm³/mol. The molecular weight excluding hydrogens is 466 g/mol. The summed E-state index contributed by atoms with van der Waals surface area (Å²) in [5, 5.41) is 43.5. The molecule has 174 valence electrons. The Morgan fingerprint density at radius 3 is 2.44 bits per heavy atom. The number of phenols is 1. The van der Waals surface area contributed by atoms with Crippen molar-refractivity contribution in [3.8, 4) is 16.9 Å². The van der Waals surface area contributed by atoms with Crippen molar-refractivity contribution in [3.63, 3.8) is 0 Å². The predicted octanol–water partition coefficient (Wildman–Crippen LogP) is 1.53. The fourth-order valence-electron chi connectivity index (χ4n) is 5.34. The second-order valence-electron chi connectivity index (χ2n) is 8.63. The van der Waals surface area contributed by atoms with Gasteiger partial charge in [-0.15, -0.1) is 0 Å². The van der Waals surface area contributed by atoms with Crippen LogP contribution in [0.25, 0.3) is 16.9 Å². The lowest BCUT2D eigenvalue weighted by molar-refractivity contribution is -0.147. The number of aliphatic hydroxyl groups excluding tert-OH is 2. The third-order valence-corrected chi connectivity index (χ3v) is 7.07. The number of amides is 1. The summed E-state index contributed by atoms with van der Waals surface area (Å²) < 4.78 is 0. The molecule has 0 spiro atoms. The maximum absolute atomic E-state index is 13.5. The number of ketones is 2. The quantitative estimate of drug-likeness (QED) is 0.312. The zero-order valence-electron chi connectivity index (χ0n) is 17.4. The molecular formula is C23H18ClN3O7. The number of Topliss-reactive ketones (excluding diaryl/α,β-unsaturated/α-hetero) is 2. The number of carbonyl (C=O) groups is 3. The lowest BCUT2D eigenvalue weighted by Crippen LogP contribution is -2.58. The van der Waals surface area contributed by atoms with E-state index in [2.05, 4.69) is 9.97 Å². The number of aromatic nitrogens is 2. The van der Waals surface area contributed by atoms with E-state index in [0.717, 1.165) is 0 Å². The van der Waals surface area contributed by atoms with Gasteiger partial charge in [0.05, 0.1) is 5.56 Å². The van der Waals surface area contributed by atoms with Crippen molar-refractivity contribution in [2.45, 2.75) is 24.9 Å². The minimum atomic E-state index is -2.59. The number of aromatic hydroxyl groups is 1. The molecule has 0 aliphatic heterocycles. The number of nitrogens with zero attached hydrogens (tertiary/aromatic N) is 2. The van der Waals surface area contributed by atoms with Gasteiger partial charge in [-0.25, -0.2) is 9.97 Å². The second-order valence-corrected chi connectivity index (χ2v) is 8.97. The summed E-state index contributed by atoms with van der Waals surface area (Å²) in [7, 11) is 0. The molecule has 1 heterocycles. The molecule has 11 heteroatoms. The number of rotatable bonds is 2. The number of halogens is 1. The van der Waals surface area contributed by atoms with Gasteiger partial charge in [0.25, 0.3) is 5.91 Å². The highest BCUT2D eigenvalue weighted by atomic mass is 35.5. The van der Waals surface area contributed by atoms with E-state index in [1.54, 1.807) is 6.07 Å². The molecule has 34 heavy (non-hydrogen) atoms. The number of hydrogen-bond donors (Lipinski definition) is 5. The van der Waals surface area contributed by atoms with E-state index >= 15 is 0 Å². The van der Waals surface area contributed by atoms with Crippen molar-refractivity contribution < 1.29 is 34.8 Å². The minimum Gasteiger partial charge on any atom is -0.508 e. The van der Waals surface area contributed by atoms with Gasteiger partial charge in [-0.2, -0.15) is 0 Å². The van der Waals surface area contributed by atoms with Crippen LogP contribution in [0.4, 0.5) is 0 Å². The number of fused-ring (bicyclic) bond motifs is 3. The normalized spacial score (nSPS) is 26.2. The van der Waals surface area contributed by atoms with Gasteiger partial charge in [-0.3, -0.25) is 14.4 Å². The molecule has 0 radical (unpaired) electrons. The van der Waals surface area contributed by atoms with E-state index in [1.807, 2.05) is 0 Å². The molecule has 6 N–H and O–H groups in total. The van der Waals surface area contributed by atoms with Gasteiger partial charge in [-0.1, -0.05) is 6.07 Å². The third-order valence-electron chi connectivity index (χ3n) is 6.88. The summed E-state index contributed by atoms with van der Waals surface area (Å²) in [4.78, 5) is 45.5. The summed E-state index contributed by atoms with van der Waals surface area (Å²) in [6.07, 6.45) is 2.82. The molecule has 5 rings (SSSR count). The molecule has 2 aromatic rings. The fraction of sp³-hybridized carbons (Fsp3) is 0.261. The molecule has 1 aromatic carbocycles. The maximum Gasteiger partial charge on any atom is 0.255 e. The molecule has 3 atom stereocenters. The Kier molecular flexibility index (Phi) is 4.78. The van der Waals surface area contributed by atoms with E-state index in [9.17, 15) is 34.8 Å². The first-order valence-electron chi connectivity index (χ1n) is 10.4. The van der Waals surface area contributed by atoms with E-state index in [-0.39, 0.29) is 41.4 Å². The molecule has 1 amide bonds. The summed E-state index contributed by atoms with van der Waals surface area (Å²) in [5.74, 6) is -6.68. The zero-order valence-corrected chi connectivity index (χ0v) is 18.2. The number of hydrogen-bond acceptors (Lipinski definition) is 9. The van der Waals surface area contributed by atoms with E-state index < -0.39 is 52.0 Å². The maximum atomic E-state index is 13.5. The van der Waals surface area contributed by atoms with Crippen molar-refractivity contribution >= 4 is 34.8 Å². The molecule has 3 aliphatic carbocycles. The molecule has 1 fully saturated rings. The monoisotopic (exact) mass is 483 g/mol. The van der Waals surface area contributed by atoms with Gasteiger partial charge < -0.3 is 26.2 Å². The summed E-state index contributed by atoms with van der Waals surface area (Å²) in [5.41, 5.74) is 3.26. The highest BCUT2D eigenvalue weighted by molar-refractivity contribution is 6.28. The van der Waals surface area contributed by atoms with Crippen LogP contribution in [-0.4, -0.2) is 53.5 Å². The SMILES string of the molecule is NC(=O)C1=C(O)[C@@]2(O)C(=O)C3=C(O)c4c(O)ccc(-c5cnc(Cl)nc5)c4C[C@H]3C[C@H]2CC1=O. The zero-order chi connectivity index (χ0) is 24.5. The second kappa shape index (κ2) is 7.37. The van der Waals surface area contributed by atoms with Crippen LogP contribution < -0.4 is 5.73 Å². The van der Waals surface area contributed by atoms with Crippen LogP contribution in [0.3, 0.4) is 0 Å². The highest BCUT2D eigenvalue weighted by Crippen LogP contribution is 2.52. The molecule has 3 aliphatic rings. The average molecular weight is 484 g/mol. The Hall–Kier alpha value is -3.76. The molecule has 1 saturated carbocycles. The van der Waals surface area contributed by atoms with Gasteiger partial charge in [0.1, 0.15) is 22.8 Å². The number of primary amides is 1. The van der Waals surface area contributed by atoms with Crippen molar-refractivity contribution in [3.05, 3.63) is 57.8 Å². The first-order valence-corrected chi connectivity index (χ1v) is 10.7. The van der Waals surface area contributed by atoms with Gasteiger partial charge in [0, 0.05) is 35.9 Å². The van der Waals surface area contributed by atoms with Gasteiger partial charge in [0.15, 0.2) is 11.4 Å². The molecule has 0 unspecified atom stereocenters. The molecule has 10 nitrogen and oxygen atoms in total. The van der Waals surface area contributed by atoms with E-state index in [1.165, 1.54) is 18.5 Å². The topological polar surface area (TPSA) is 184 Å². The highest BCUT2D eigenvalue weighted by Gasteiger charge is 2.60. The first kappa shape index (κ1) is 22.1. The Balaban J connectivity index is 1.70. The molecule has 0 saturated heterocycles. The fourth-order valence-corrected chi connectivity index (χ4v) is 5.44. The number of nitrogens with two attached hydrogens (primary N) is 1. The van der Waals surface area contributed by atoms with Crippen LogP contribution >= 0.6 is 11.6 Å². The smallest absolute Gasteiger partial charge is 0.255 e. The number of phenolic OH excluding ortho intramolecular Hbond substituents is 1. The number of aliphatic hydroxyl groups is 3. The van der Waals surface area contributed by atoms with Crippen LogP contribution in [0, 0.1) is 11.8 Å². The Labute approximate surface area is 197 Å². The standard InChI is InChI=1S/C23H18ClN3O7/c24-22-26-6-9(7-27-22)11-1-2-13(28)16-12(11)4-8-3-10-5-14(29)17(21(25)33)20(32)23(10,34)19(31)15(8)18(16)30/h1-2,6-8,10,28,30,32,34H,3-5H2,(H2,25,33)/t8-,10+,23+/m1/s1. The van der Waals surface area contributed by atoms with E-state index in [0.29, 0.717) is 16.7 Å². The Morgan fingerprint density at radius 2 is 1.79 bits per heavy atom. The average Bonchev–Trinajstić information content (AvgIpc) is 2.77. The van der Waals surface area contributed by atoms with E-state index in [4.69, 9.17) is 17.3 Å². The van der Waals surface area contributed by atoms with Crippen LogP contribution in [0.15, 0.2) is 41.4 Å². The number of carbonyl (C=O) groups excluding carboxylic acids is 3. The summed E-state index contributed by atoms with van der Waals surface area (Å²) >= 11 is 5.78. The van der Waals surface area contributed by atoms with Crippen molar-refractivity contribution in [1.82, 2.24) is 9.97 Å². The number of benzene rings is 1. The Bertz CT molecular complexity index is 1370. The van der Waals surface area contributed by atoms with Crippen molar-refractivity contribution in [2.75, 3.05) is 0 Å². The lowest BCUT2D eigenvalue weighted by atomic mass is 9.59.